The number of benzene rings is 1. The average molecular weight is 225 g/mol. The Hall–Kier alpha value is -2.05. The van der Waals surface area contributed by atoms with Crippen molar-refractivity contribution in [1.29, 1.82) is 5.26 Å². The highest BCUT2D eigenvalue weighted by Gasteiger charge is 1.98. The first-order valence-corrected chi connectivity index (χ1v) is 5.65. The molecule has 0 atom stereocenters. The molecule has 1 aromatic heterocycles. The van der Waals surface area contributed by atoms with Gasteiger partial charge in [0.2, 0.25) is 0 Å². The fourth-order valence-electron chi connectivity index (χ4n) is 1.80. The second-order valence-corrected chi connectivity index (χ2v) is 4.04. The molecular formula is C14H15N3. The molecule has 0 saturated heterocycles. The summed E-state index contributed by atoms with van der Waals surface area (Å²) in [7, 11) is 0. The monoisotopic (exact) mass is 225 g/mol. The number of nitrogens with zero attached hydrogens (tertiary/aromatic N) is 2. The molecule has 2 N–H and O–H groups in total. The molecule has 0 bridgehead atoms. The van der Waals surface area contributed by atoms with Gasteiger partial charge in [-0.1, -0.05) is 12.1 Å². The molecular weight excluding hydrogens is 210 g/mol. The molecule has 0 radical (unpaired) electrons. The van der Waals surface area contributed by atoms with Gasteiger partial charge in [-0.2, -0.15) is 5.26 Å². The lowest BCUT2D eigenvalue weighted by atomic mass is 10.1. The van der Waals surface area contributed by atoms with E-state index in [0.717, 1.165) is 13.0 Å². The van der Waals surface area contributed by atoms with Crippen molar-refractivity contribution in [3.05, 3.63) is 59.4 Å². The average Bonchev–Trinajstić information content (AvgIpc) is 2.78. The first kappa shape index (κ1) is 11.4. The highest BCUT2D eigenvalue weighted by atomic mass is 14.9. The summed E-state index contributed by atoms with van der Waals surface area (Å²) in [6, 6.07) is 11.9. The maximum atomic E-state index is 8.71. The summed E-state index contributed by atoms with van der Waals surface area (Å²) >= 11 is 0. The standard InChI is InChI=1S/C14H15N3/c15-7-5-14-6-8-17(11-14)10-13-3-1-12(9-16)2-4-13/h1-4,6,8,11H,5,7,10,15H2. The van der Waals surface area contributed by atoms with Gasteiger partial charge in [0.25, 0.3) is 0 Å². The SMILES string of the molecule is N#Cc1ccc(Cn2ccc(CCN)c2)cc1. The quantitative estimate of drug-likeness (QED) is 0.864. The lowest BCUT2D eigenvalue weighted by molar-refractivity contribution is 0.800. The molecule has 0 aliphatic heterocycles. The number of nitriles is 1. The molecule has 2 aromatic rings. The van der Waals surface area contributed by atoms with Gasteiger partial charge in [0.05, 0.1) is 11.6 Å². The fraction of sp³-hybridized carbons (Fsp3) is 0.214. The van der Waals surface area contributed by atoms with Crippen LogP contribution in [0.25, 0.3) is 0 Å². The molecule has 0 aliphatic carbocycles. The van der Waals surface area contributed by atoms with Crippen LogP contribution >= 0.6 is 0 Å². The lowest BCUT2D eigenvalue weighted by Gasteiger charge is -2.03. The van der Waals surface area contributed by atoms with Gasteiger partial charge in [-0.25, -0.2) is 0 Å². The first-order valence-electron chi connectivity index (χ1n) is 5.65. The Labute approximate surface area is 101 Å². The van der Waals surface area contributed by atoms with Crippen LogP contribution in [0.15, 0.2) is 42.7 Å². The highest BCUT2D eigenvalue weighted by molar-refractivity contribution is 5.31. The van der Waals surface area contributed by atoms with E-state index in [-0.39, 0.29) is 0 Å². The highest BCUT2D eigenvalue weighted by Crippen LogP contribution is 2.08. The van der Waals surface area contributed by atoms with Gasteiger partial charge in [-0.3, -0.25) is 0 Å². The minimum absolute atomic E-state index is 0.681. The van der Waals surface area contributed by atoms with Crippen LogP contribution in [0.2, 0.25) is 0 Å². The van der Waals surface area contributed by atoms with Gasteiger partial charge >= 0.3 is 0 Å². The van der Waals surface area contributed by atoms with Crippen LogP contribution in [0.1, 0.15) is 16.7 Å². The van der Waals surface area contributed by atoms with Gasteiger partial charge in [0.15, 0.2) is 0 Å². The second-order valence-electron chi connectivity index (χ2n) is 4.04. The molecule has 17 heavy (non-hydrogen) atoms. The van der Waals surface area contributed by atoms with Crippen LogP contribution < -0.4 is 5.73 Å². The molecule has 0 amide bonds. The Morgan fingerprint density at radius 2 is 1.88 bits per heavy atom. The summed E-state index contributed by atoms with van der Waals surface area (Å²) in [6.45, 7) is 1.51. The largest absolute Gasteiger partial charge is 0.350 e. The summed E-state index contributed by atoms with van der Waals surface area (Å²) in [4.78, 5) is 0. The molecule has 0 spiro atoms. The van der Waals surface area contributed by atoms with Crippen LogP contribution in [-0.4, -0.2) is 11.1 Å². The van der Waals surface area contributed by atoms with Crippen LogP contribution in [0.5, 0.6) is 0 Å². The van der Waals surface area contributed by atoms with Crippen molar-refractivity contribution in [2.24, 2.45) is 5.73 Å². The third kappa shape index (κ3) is 2.96. The lowest BCUT2D eigenvalue weighted by Crippen LogP contribution is -2.02. The maximum Gasteiger partial charge on any atom is 0.0991 e. The van der Waals surface area contributed by atoms with Crippen molar-refractivity contribution in [1.82, 2.24) is 4.57 Å². The minimum atomic E-state index is 0.681. The Morgan fingerprint density at radius 1 is 1.12 bits per heavy atom. The van der Waals surface area contributed by atoms with E-state index in [2.05, 4.69) is 29.1 Å². The van der Waals surface area contributed by atoms with Crippen LogP contribution in [-0.2, 0) is 13.0 Å². The molecule has 2 rings (SSSR count). The van der Waals surface area contributed by atoms with Crippen molar-refractivity contribution in [2.75, 3.05) is 6.54 Å². The van der Waals surface area contributed by atoms with E-state index in [9.17, 15) is 0 Å². The number of nitrogens with two attached hydrogens (primary N) is 1. The third-order valence-corrected chi connectivity index (χ3v) is 2.69. The van der Waals surface area contributed by atoms with Crippen molar-refractivity contribution in [2.45, 2.75) is 13.0 Å². The number of hydrogen-bond acceptors (Lipinski definition) is 2. The Balaban J connectivity index is 2.06. The third-order valence-electron chi connectivity index (χ3n) is 2.69. The van der Waals surface area contributed by atoms with Gasteiger partial charge in [-0.15, -0.1) is 0 Å². The molecule has 3 heteroatoms. The van der Waals surface area contributed by atoms with E-state index >= 15 is 0 Å². The van der Waals surface area contributed by atoms with Gasteiger partial charge in [0, 0.05) is 18.9 Å². The van der Waals surface area contributed by atoms with Crippen LogP contribution in [0.4, 0.5) is 0 Å². The molecule has 0 aliphatic rings. The van der Waals surface area contributed by atoms with Gasteiger partial charge in [-0.05, 0) is 42.3 Å². The van der Waals surface area contributed by atoms with Gasteiger partial charge < -0.3 is 10.3 Å². The van der Waals surface area contributed by atoms with Crippen LogP contribution in [0.3, 0.4) is 0 Å². The van der Waals surface area contributed by atoms with E-state index in [4.69, 9.17) is 11.0 Å². The Bertz CT molecular complexity index is 517. The second kappa shape index (κ2) is 5.33. The summed E-state index contributed by atoms with van der Waals surface area (Å²) in [5, 5.41) is 8.71. The van der Waals surface area contributed by atoms with E-state index in [1.54, 1.807) is 0 Å². The zero-order chi connectivity index (χ0) is 12.1. The minimum Gasteiger partial charge on any atom is -0.350 e. The maximum absolute atomic E-state index is 8.71. The van der Waals surface area contributed by atoms with Crippen molar-refractivity contribution < 1.29 is 0 Å². The number of hydrogen-bond donors (Lipinski definition) is 1. The molecule has 3 nitrogen and oxygen atoms in total. The van der Waals surface area contributed by atoms with Crippen molar-refractivity contribution >= 4 is 0 Å². The predicted molar refractivity (Wildman–Crippen MR) is 67.4 cm³/mol. The van der Waals surface area contributed by atoms with Crippen molar-refractivity contribution in [3.63, 3.8) is 0 Å². The zero-order valence-electron chi connectivity index (χ0n) is 9.63. The van der Waals surface area contributed by atoms with E-state index in [1.165, 1.54) is 11.1 Å². The normalized spacial score (nSPS) is 10.1. The fourth-order valence-corrected chi connectivity index (χ4v) is 1.80. The van der Waals surface area contributed by atoms with Gasteiger partial charge in [0.1, 0.15) is 0 Å². The summed E-state index contributed by atoms with van der Waals surface area (Å²) in [6.07, 6.45) is 5.09. The molecule has 0 fully saturated rings. The Kier molecular flexibility index (Phi) is 3.59. The molecule has 0 unspecified atom stereocenters. The molecule has 1 heterocycles. The molecule has 1 aromatic carbocycles. The number of rotatable bonds is 4. The van der Waals surface area contributed by atoms with E-state index < -0.39 is 0 Å². The summed E-state index contributed by atoms with van der Waals surface area (Å²) in [5.41, 5.74) is 8.67. The molecule has 86 valence electrons. The van der Waals surface area contributed by atoms with Crippen molar-refractivity contribution in [3.8, 4) is 6.07 Å². The topological polar surface area (TPSA) is 54.7 Å². The first-order chi connectivity index (χ1) is 8.31. The number of aromatic nitrogens is 1. The smallest absolute Gasteiger partial charge is 0.0991 e. The molecule has 0 saturated carbocycles. The Morgan fingerprint density at radius 3 is 2.53 bits per heavy atom. The zero-order valence-corrected chi connectivity index (χ0v) is 9.63. The van der Waals surface area contributed by atoms with Crippen LogP contribution in [0, 0.1) is 11.3 Å². The van der Waals surface area contributed by atoms with E-state index in [0.29, 0.717) is 12.1 Å². The summed E-state index contributed by atoms with van der Waals surface area (Å²) < 4.78 is 2.13. The summed E-state index contributed by atoms with van der Waals surface area (Å²) in [5.74, 6) is 0. The predicted octanol–water partition coefficient (Wildman–Crippen LogP) is 1.91. The van der Waals surface area contributed by atoms with E-state index in [1.807, 2.05) is 24.3 Å².